The number of nitrogens with zero attached hydrogens (tertiary/aromatic N) is 3. The molecule has 0 saturated carbocycles. The van der Waals surface area contributed by atoms with Crippen LogP contribution in [-0.2, 0) is 23.0 Å². The van der Waals surface area contributed by atoms with Gasteiger partial charge < -0.3 is 4.90 Å². The minimum absolute atomic E-state index is 0.154. The van der Waals surface area contributed by atoms with Gasteiger partial charge in [-0.1, -0.05) is 19.1 Å². The number of hydrogen-bond donors (Lipinski definition) is 1. The van der Waals surface area contributed by atoms with Gasteiger partial charge in [-0.25, -0.2) is 23.1 Å². The molecule has 1 aliphatic rings. The number of piperidine rings is 1. The monoisotopic (exact) mass is 360 g/mol. The predicted molar refractivity (Wildman–Crippen MR) is 97.9 cm³/mol. The Kier molecular flexibility index (Phi) is 5.65. The van der Waals surface area contributed by atoms with Crippen LogP contribution in [0.4, 0.5) is 5.95 Å². The fourth-order valence-electron chi connectivity index (χ4n) is 2.89. The van der Waals surface area contributed by atoms with Crippen LogP contribution < -0.4 is 9.62 Å². The molecule has 2 heterocycles. The normalized spacial score (nSPS) is 15.3. The van der Waals surface area contributed by atoms with Gasteiger partial charge in [-0.3, -0.25) is 0 Å². The Balaban J connectivity index is 1.67. The Morgan fingerprint density at radius 1 is 1.08 bits per heavy atom. The Morgan fingerprint density at radius 2 is 1.80 bits per heavy atom. The zero-order valence-electron chi connectivity index (χ0n) is 14.5. The van der Waals surface area contributed by atoms with Gasteiger partial charge in [0, 0.05) is 19.3 Å². The van der Waals surface area contributed by atoms with E-state index in [-0.39, 0.29) is 11.4 Å². The van der Waals surface area contributed by atoms with Crippen molar-refractivity contribution in [1.82, 2.24) is 14.7 Å². The van der Waals surface area contributed by atoms with Crippen molar-refractivity contribution in [3.05, 3.63) is 47.8 Å². The zero-order valence-corrected chi connectivity index (χ0v) is 15.3. The van der Waals surface area contributed by atoms with E-state index in [4.69, 9.17) is 0 Å². The molecule has 6 nitrogen and oxygen atoms in total. The summed E-state index contributed by atoms with van der Waals surface area (Å²) in [7, 11) is -3.55. The SMILES string of the molecule is CCc1ccc(S(=O)(=O)NCc2ccnc(N3CCCCC3)n2)cc1. The van der Waals surface area contributed by atoms with E-state index < -0.39 is 10.0 Å². The molecule has 0 amide bonds. The average molecular weight is 360 g/mol. The second kappa shape index (κ2) is 7.93. The molecule has 0 unspecified atom stereocenters. The largest absolute Gasteiger partial charge is 0.341 e. The fraction of sp³-hybridized carbons (Fsp3) is 0.444. The summed E-state index contributed by atoms with van der Waals surface area (Å²) in [5.74, 6) is 0.684. The van der Waals surface area contributed by atoms with Crippen molar-refractivity contribution in [1.29, 1.82) is 0 Å². The van der Waals surface area contributed by atoms with Crippen molar-refractivity contribution >= 4 is 16.0 Å². The summed E-state index contributed by atoms with van der Waals surface area (Å²) < 4.78 is 27.5. The summed E-state index contributed by atoms with van der Waals surface area (Å²) in [4.78, 5) is 11.3. The standard InChI is InChI=1S/C18H24N4O2S/c1-2-15-6-8-17(9-7-15)25(23,24)20-14-16-10-11-19-18(21-16)22-12-4-3-5-13-22/h6-11,20H,2-5,12-14H2,1H3. The molecule has 2 aromatic rings. The van der Waals surface area contributed by atoms with Crippen LogP contribution in [0.2, 0.25) is 0 Å². The topological polar surface area (TPSA) is 75.2 Å². The van der Waals surface area contributed by atoms with Gasteiger partial charge in [0.05, 0.1) is 17.1 Å². The quantitative estimate of drug-likeness (QED) is 0.857. The number of benzene rings is 1. The maximum Gasteiger partial charge on any atom is 0.240 e. The van der Waals surface area contributed by atoms with Gasteiger partial charge >= 0.3 is 0 Å². The molecule has 1 aromatic carbocycles. The molecule has 1 fully saturated rings. The number of hydrogen-bond acceptors (Lipinski definition) is 5. The van der Waals surface area contributed by atoms with Crippen LogP contribution in [0.1, 0.15) is 37.4 Å². The molecule has 1 N–H and O–H groups in total. The van der Waals surface area contributed by atoms with E-state index in [0.29, 0.717) is 11.6 Å². The zero-order chi connectivity index (χ0) is 17.7. The Bertz CT molecular complexity index is 800. The minimum Gasteiger partial charge on any atom is -0.341 e. The third-order valence-corrected chi connectivity index (χ3v) is 5.84. The summed E-state index contributed by atoms with van der Waals surface area (Å²) in [6, 6.07) is 8.71. The number of aromatic nitrogens is 2. The summed E-state index contributed by atoms with van der Waals surface area (Å²) in [6.45, 7) is 4.11. The lowest BCUT2D eigenvalue weighted by atomic mass is 10.1. The van der Waals surface area contributed by atoms with Crippen molar-refractivity contribution < 1.29 is 8.42 Å². The second-order valence-corrected chi connectivity index (χ2v) is 7.98. The van der Waals surface area contributed by atoms with Crippen LogP contribution in [-0.4, -0.2) is 31.5 Å². The van der Waals surface area contributed by atoms with Gasteiger partial charge in [0.2, 0.25) is 16.0 Å². The molecule has 1 aliphatic heterocycles. The predicted octanol–water partition coefficient (Wildman–Crippen LogP) is 2.51. The van der Waals surface area contributed by atoms with Crippen LogP contribution in [0, 0.1) is 0 Å². The van der Waals surface area contributed by atoms with Gasteiger partial charge in [0.25, 0.3) is 0 Å². The number of nitrogens with one attached hydrogen (secondary N) is 1. The van der Waals surface area contributed by atoms with E-state index in [1.807, 2.05) is 19.1 Å². The van der Waals surface area contributed by atoms with E-state index in [9.17, 15) is 8.42 Å². The molecular weight excluding hydrogens is 336 g/mol. The summed E-state index contributed by atoms with van der Waals surface area (Å²) in [5.41, 5.74) is 1.78. The maximum absolute atomic E-state index is 12.4. The van der Waals surface area contributed by atoms with Crippen LogP contribution in [0.15, 0.2) is 41.4 Å². The Labute approximate surface area is 149 Å². The average Bonchev–Trinajstić information content (AvgIpc) is 2.67. The van der Waals surface area contributed by atoms with Crippen molar-refractivity contribution in [2.24, 2.45) is 0 Å². The molecule has 0 spiro atoms. The molecule has 0 aliphatic carbocycles. The first-order chi connectivity index (χ1) is 12.1. The van der Waals surface area contributed by atoms with Gasteiger partial charge in [-0.05, 0) is 49.4 Å². The highest BCUT2D eigenvalue weighted by Crippen LogP contribution is 2.16. The summed E-state index contributed by atoms with van der Waals surface area (Å²) in [6.07, 6.45) is 6.11. The molecular formula is C18H24N4O2S. The van der Waals surface area contributed by atoms with E-state index in [1.165, 1.54) is 6.42 Å². The molecule has 3 rings (SSSR count). The van der Waals surface area contributed by atoms with Crippen molar-refractivity contribution in [3.63, 3.8) is 0 Å². The highest BCUT2D eigenvalue weighted by molar-refractivity contribution is 7.89. The van der Waals surface area contributed by atoms with Gasteiger partial charge in [0.1, 0.15) is 0 Å². The molecule has 134 valence electrons. The molecule has 0 radical (unpaired) electrons. The highest BCUT2D eigenvalue weighted by atomic mass is 32.2. The van der Waals surface area contributed by atoms with E-state index in [0.717, 1.165) is 37.9 Å². The van der Waals surface area contributed by atoms with E-state index in [1.54, 1.807) is 24.4 Å². The van der Waals surface area contributed by atoms with Crippen molar-refractivity contribution in [2.75, 3.05) is 18.0 Å². The van der Waals surface area contributed by atoms with Gasteiger partial charge in [-0.2, -0.15) is 0 Å². The molecule has 25 heavy (non-hydrogen) atoms. The summed E-state index contributed by atoms with van der Waals surface area (Å²) in [5, 5.41) is 0. The lowest BCUT2D eigenvalue weighted by Crippen LogP contribution is -2.31. The van der Waals surface area contributed by atoms with E-state index in [2.05, 4.69) is 19.6 Å². The second-order valence-electron chi connectivity index (χ2n) is 6.22. The maximum atomic E-state index is 12.4. The van der Waals surface area contributed by atoms with Crippen LogP contribution >= 0.6 is 0 Å². The fourth-order valence-corrected chi connectivity index (χ4v) is 3.88. The van der Waals surface area contributed by atoms with Crippen molar-refractivity contribution in [3.8, 4) is 0 Å². The first kappa shape index (κ1) is 17.8. The van der Waals surface area contributed by atoms with Crippen LogP contribution in [0.25, 0.3) is 0 Å². The van der Waals surface area contributed by atoms with E-state index >= 15 is 0 Å². The lowest BCUT2D eigenvalue weighted by molar-refractivity contribution is 0.566. The first-order valence-electron chi connectivity index (χ1n) is 8.74. The molecule has 1 aromatic heterocycles. The Hall–Kier alpha value is -1.99. The number of sulfonamides is 1. The molecule has 0 bridgehead atoms. The lowest BCUT2D eigenvalue weighted by Gasteiger charge is -2.26. The number of aryl methyl sites for hydroxylation is 1. The third kappa shape index (κ3) is 4.55. The molecule has 0 atom stereocenters. The molecule has 1 saturated heterocycles. The third-order valence-electron chi connectivity index (χ3n) is 4.42. The van der Waals surface area contributed by atoms with Crippen molar-refractivity contribution in [2.45, 2.75) is 44.0 Å². The van der Waals surface area contributed by atoms with Gasteiger partial charge in [-0.15, -0.1) is 0 Å². The van der Waals surface area contributed by atoms with Crippen LogP contribution in [0.3, 0.4) is 0 Å². The Morgan fingerprint density at radius 3 is 2.48 bits per heavy atom. The smallest absolute Gasteiger partial charge is 0.240 e. The highest BCUT2D eigenvalue weighted by Gasteiger charge is 2.16. The number of anilines is 1. The van der Waals surface area contributed by atoms with Gasteiger partial charge in [0.15, 0.2) is 0 Å². The first-order valence-corrected chi connectivity index (χ1v) is 10.2. The van der Waals surface area contributed by atoms with Crippen LogP contribution in [0.5, 0.6) is 0 Å². The summed E-state index contributed by atoms with van der Waals surface area (Å²) >= 11 is 0. The number of rotatable bonds is 6. The molecule has 7 heteroatoms. The minimum atomic E-state index is -3.55.